The Kier molecular flexibility index (Phi) is 4.15. The lowest BCUT2D eigenvalue weighted by atomic mass is 10.2. The van der Waals surface area contributed by atoms with Crippen LogP contribution in [0.5, 0.6) is 0 Å². The van der Waals surface area contributed by atoms with Crippen molar-refractivity contribution in [2.75, 3.05) is 32.8 Å². The van der Waals surface area contributed by atoms with E-state index >= 15 is 0 Å². The second-order valence-electron chi connectivity index (χ2n) is 4.69. The average Bonchev–Trinajstić information content (AvgIpc) is 2.58. The third-order valence-corrected chi connectivity index (χ3v) is 3.15. The summed E-state index contributed by atoms with van der Waals surface area (Å²) in [5.74, 6) is 0. The topological polar surface area (TPSA) is 56.3 Å². The van der Waals surface area contributed by atoms with Crippen LogP contribution in [-0.2, 0) is 11.3 Å². The standard InChI is InChI=1S/C12H22N4O/c1-10-7-11(2)16(14-10)9-12-8-15(4-3-13)5-6-17-12/h7,12H,3-6,8-9,13H2,1-2H3. The van der Waals surface area contributed by atoms with E-state index < -0.39 is 0 Å². The van der Waals surface area contributed by atoms with Crippen LogP contribution in [0.15, 0.2) is 6.07 Å². The van der Waals surface area contributed by atoms with Gasteiger partial charge in [0.25, 0.3) is 0 Å². The largest absolute Gasteiger partial charge is 0.374 e. The molecule has 2 N–H and O–H groups in total. The van der Waals surface area contributed by atoms with E-state index in [0.717, 1.165) is 38.5 Å². The van der Waals surface area contributed by atoms with Gasteiger partial charge < -0.3 is 10.5 Å². The van der Waals surface area contributed by atoms with Crippen LogP contribution in [0.3, 0.4) is 0 Å². The lowest BCUT2D eigenvalue weighted by Gasteiger charge is -2.32. The van der Waals surface area contributed by atoms with Gasteiger partial charge in [-0.2, -0.15) is 5.10 Å². The van der Waals surface area contributed by atoms with Crippen LogP contribution in [0, 0.1) is 13.8 Å². The Hall–Kier alpha value is -0.910. The minimum Gasteiger partial charge on any atom is -0.374 e. The summed E-state index contributed by atoms with van der Waals surface area (Å²) < 4.78 is 7.81. The van der Waals surface area contributed by atoms with Gasteiger partial charge in [-0.1, -0.05) is 0 Å². The summed E-state index contributed by atoms with van der Waals surface area (Å²) in [4.78, 5) is 2.36. The maximum atomic E-state index is 5.78. The summed E-state index contributed by atoms with van der Waals surface area (Å²) >= 11 is 0. The maximum absolute atomic E-state index is 5.78. The van der Waals surface area contributed by atoms with Crippen LogP contribution >= 0.6 is 0 Å². The molecule has 1 aliphatic rings. The van der Waals surface area contributed by atoms with Gasteiger partial charge in [0.15, 0.2) is 0 Å². The normalized spacial score (nSPS) is 21.9. The highest BCUT2D eigenvalue weighted by Crippen LogP contribution is 2.09. The SMILES string of the molecule is Cc1cc(C)n(CC2CN(CCN)CCO2)n1. The Morgan fingerprint density at radius 3 is 3.00 bits per heavy atom. The smallest absolute Gasteiger partial charge is 0.0898 e. The zero-order chi connectivity index (χ0) is 12.3. The molecule has 0 bridgehead atoms. The van der Waals surface area contributed by atoms with Gasteiger partial charge >= 0.3 is 0 Å². The molecule has 1 aliphatic heterocycles. The summed E-state index contributed by atoms with van der Waals surface area (Å²) in [5.41, 5.74) is 7.85. The molecule has 0 aliphatic carbocycles. The Morgan fingerprint density at radius 1 is 1.53 bits per heavy atom. The molecule has 0 amide bonds. The van der Waals surface area contributed by atoms with Crippen LogP contribution < -0.4 is 5.73 Å². The summed E-state index contributed by atoms with van der Waals surface area (Å²) in [6, 6.07) is 2.10. The molecule has 1 aromatic heterocycles. The molecule has 0 aromatic carbocycles. The van der Waals surface area contributed by atoms with Crippen LogP contribution in [-0.4, -0.2) is 53.6 Å². The predicted molar refractivity (Wildman–Crippen MR) is 66.9 cm³/mol. The lowest BCUT2D eigenvalue weighted by Crippen LogP contribution is -2.46. The van der Waals surface area contributed by atoms with Crippen molar-refractivity contribution in [2.45, 2.75) is 26.5 Å². The number of rotatable bonds is 4. The van der Waals surface area contributed by atoms with Gasteiger partial charge in [-0.3, -0.25) is 9.58 Å². The zero-order valence-corrected chi connectivity index (χ0v) is 10.7. The molecule has 96 valence electrons. The number of morpholine rings is 1. The van der Waals surface area contributed by atoms with E-state index in [2.05, 4.69) is 23.0 Å². The number of ether oxygens (including phenoxy) is 1. The summed E-state index contributed by atoms with van der Waals surface area (Å²) in [7, 11) is 0. The van der Waals surface area contributed by atoms with Crippen LogP contribution in [0.2, 0.25) is 0 Å². The van der Waals surface area contributed by atoms with Crippen molar-refractivity contribution in [1.29, 1.82) is 0 Å². The number of hydrogen-bond acceptors (Lipinski definition) is 4. The molecule has 5 nitrogen and oxygen atoms in total. The fourth-order valence-corrected chi connectivity index (χ4v) is 2.33. The second-order valence-corrected chi connectivity index (χ2v) is 4.69. The molecule has 1 fully saturated rings. The van der Waals surface area contributed by atoms with Gasteiger partial charge in [0.2, 0.25) is 0 Å². The Labute approximate surface area is 103 Å². The molecule has 5 heteroatoms. The Morgan fingerprint density at radius 2 is 2.35 bits per heavy atom. The van der Waals surface area contributed by atoms with E-state index in [1.54, 1.807) is 0 Å². The van der Waals surface area contributed by atoms with E-state index in [-0.39, 0.29) is 6.10 Å². The van der Waals surface area contributed by atoms with Crippen molar-refractivity contribution < 1.29 is 4.74 Å². The predicted octanol–water partition coefficient (Wildman–Crippen LogP) is 0.159. The van der Waals surface area contributed by atoms with Crippen molar-refractivity contribution in [2.24, 2.45) is 5.73 Å². The van der Waals surface area contributed by atoms with Gasteiger partial charge in [0.1, 0.15) is 0 Å². The molecule has 0 saturated carbocycles. The molecular formula is C12H22N4O. The van der Waals surface area contributed by atoms with E-state index in [1.165, 1.54) is 5.69 Å². The first-order chi connectivity index (χ1) is 8.19. The van der Waals surface area contributed by atoms with Crippen LogP contribution in [0.4, 0.5) is 0 Å². The van der Waals surface area contributed by atoms with E-state index in [0.29, 0.717) is 6.54 Å². The van der Waals surface area contributed by atoms with Crippen molar-refractivity contribution in [1.82, 2.24) is 14.7 Å². The Bertz CT molecular complexity index is 361. The molecular weight excluding hydrogens is 216 g/mol. The van der Waals surface area contributed by atoms with Crippen LogP contribution in [0.25, 0.3) is 0 Å². The molecule has 1 aromatic rings. The van der Waals surface area contributed by atoms with Crippen molar-refractivity contribution in [3.05, 3.63) is 17.5 Å². The fraction of sp³-hybridized carbons (Fsp3) is 0.750. The first kappa shape index (κ1) is 12.5. The number of hydrogen-bond donors (Lipinski definition) is 1. The molecule has 2 rings (SSSR count). The molecule has 1 unspecified atom stereocenters. The minimum absolute atomic E-state index is 0.230. The number of nitrogens with zero attached hydrogens (tertiary/aromatic N) is 3. The number of aryl methyl sites for hydroxylation is 2. The summed E-state index contributed by atoms with van der Waals surface area (Å²) in [5, 5.41) is 4.47. The quantitative estimate of drug-likeness (QED) is 0.812. The van der Waals surface area contributed by atoms with Gasteiger partial charge in [0, 0.05) is 31.9 Å². The first-order valence-electron chi connectivity index (χ1n) is 6.24. The monoisotopic (exact) mass is 238 g/mol. The van der Waals surface area contributed by atoms with Crippen molar-refractivity contribution >= 4 is 0 Å². The van der Waals surface area contributed by atoms with Gasteiger partial charge in [-0.25, -0.2) is 0 Å². The third kappa shape index (κ3) is 3.28. The highest BCUT2D eigenvalue weighted by atomic mass is 16.5. The molecule has 17 heavy (non-hydrogen) atoms. The molecule has 1 atom stereocenters. The highest BCUT2D eigenvalue weighted by molar-refractivity contribution is 5.06. The number of nitrogens with two attached hydrogens (primary N) is 1. The Balaban J connectivity index is 1.92. The summed E-state index contributed by atoms with van der Waals surface area (Å²) in [6.07, 6.45) is 0.230. The highest BCUT2D eigenvalue weighted by Gasteiger charge is 2.20. The van der Waals surface area contributed by atoms with Crippen LogP contribution in [0.1, 0.15) is 11.4 Å². The van der Waals surface area contributed by atoms with E-state index in [9.17, 15) is 0 Å². The second kappa shape index (κ2) is 5.62. The fourth-order valence-electron chi connectivity index (χ4n) is 2.33. The average molecular weight is 238 g/mol. The first-order valence-corrected chi connectivity index (χ1v) is 6.24. The van der Waals surface area contributed by atoms with E-state index in [1.807, 2.05) is 11.6 Å². The van der Waals surface area contributed by atoms with Crippen molar-refractivity contribution in [3.8, 4) is 0 Å². The molecule has 1 saturated heterocycles. The van der Waals surface area contributed by atoms with Gasteiger partial charge in [0.05, 0.1) is 24.9 Å². The molecule has 0 spiro atoms. The molecule has 0 radical (unpaired) electrons. The number of aromatic nitrogens is 2. The van der Waals surface area contributed by atoms with Gasteiger partial charge in [-0.15, -0.1) is 0 Å². The lowest BCUT2D eigenvalue weighted by molar-refractivity contribution is -0.0367. The molecule has 2 heterocycles. The van der Waals surface area contributed by atoms with Crippen molar-refractivity contribution in [3.63, 3.8) is 0 Å². The summed E-state index contributed by atoms with van der Waals surface area (Å²) in [6.45, 7) is 9.35. The third-order valence-electron chi connectivity index (χ3n) is 3.15. The van der Waals surface area contributed by atoms with E-state index in [4.69, 9.17) is 10.5 Å². The van der Waals surface area contributed by atoms with Gasteiger partial charge in [-0.05, 0) is 19.9 Å². The zero-order valence-electron chi connectivity index (χ0n) is 10.7. The minimum atomic E-state index is 0.230. The maximum Gasteiger partial charge on any atom is 0.0898 e.